The van der Waals surface area contributed by atoms with Crippen LogP contribution in [-0.2, 0) is 26.1 Å². The van der Waals surface area contributed by atoms with Crippen molar-refractivity contribution in [2.24, 2.45) is 0 Å². The van der Waals surface area contributed by atoms with E-state index in [9.17, 15) is 18.3 Å². The third kappa shape index (κ3) is 5.15. The molecule has 1 aliphatic rings. The van der Waals surface area contributed by atoms with E-state index in [1.54, 1.807) is 0 Å². The molecule has 3 aromatic carbocycles. The number of rotatable bonds is 6. The summed E-state index contributed by atoms with van der Waals surface area (Å²) in [5.41, 5.74) is 7.35. The van der Waals surface area contributed by atoms with E-state index < -0.39 is 27.7 Å². The van der Waals surface area contributed by atoms with Crippen molar-refractivity contribution in [1.82, 2.24) is 4.57 Å². The summed E-state index contributed by atoms with van der Waals surface area (Å²) in [7, 11) is -3.68. The van der Waals surface area contributed by atoms with Crippen molar-refractivity contribution < 1.29 is 23.1 Å². The number of ether oxygens (including phenoxy) is 1. The summed E-state index contributed by atoms with van der Waals surface area (Å²) in [5.74, 6) is -1.12. The molecule has 0 saturated carbocycles. The molecular formula is C33H38N2O5S. The fourth-order valence-corrected chi connectivity index (χ4v) is 7.19. The Labute approximate surface area is 242 Å². The summed E-state index contributed by atoms with van der Waals surface area (Å²) in [6.45, 7) is 12.3. The normalized spacial score (nSPS) is 14.8. The smallest absolute Gasteiger partial charge is 0.337 e. The zero-order valence-corrected chi connectivity index (χ0v) is 25.6. The van der Waals surface area contributed by atoms with Gasteiger partial charge in [0, 0.05) is 24.0 Å². The number of carbonyl (C=O) groups is 1. The Morgan fingerprint density at radius 1 is 0.927 bits per heavy atom. The van der Waals surface area contributed by atoms with E-state index in [2.05, 4.69) is 23.6 Å². The lowest BCUT2D eigenvalue weighted by molar-refractivity contribution is -0.160. The van der Waals surface area contributed by atoms with Crippen molar-refractivity contribution in [2.75, 3.05) is 17.1 Å². The molecule has 1 aliphatic heterocycles. The Bertz CT molecular complexity index is 1750. The van der Waals surface area contributed by atoms with Gasteiger partial charge in [-0.2, -0.15) is 0 Å². The van der Waals surface area contributed by atoms with Crippen LogP contribution in [0.5, 0.6) is 0 Å². The third-order valence-corrected chi connectivity index (χ3v) is 8.91. The van der Waals surface area contributed by atoms with Gasteiger partial charge in [0.25, 0.3) is 0 Å². The first-order valence-corrected chi connectivity index (χ1v) is 15.8. The Morgan fingerprint density at radius 3 is 2.12 bits per heavy atom. The second-order valence-electron chi connectivity index (χ2n) is 12.0. The van der Waals surface area contributed by atoms with Gasteiger partial charge < -0.3 is 14.4 Å². The molecule has 0 spiro atoms. The molecule has 0 fully saturated rings. The average Bonchev–Trinajstić information content (AvgIpc) is 3.02. The highest BCUT2D eigenvalue weighted by Crippen LogP contribution is 2.51. The van der Waals surface area contributed by atoms with E-state index >= 15 is 0 Å². The third-order valence-electron chi connectivity index (χ3n) is 7.75. The lowest BCUT2D eigenvalue weighted by Crippen LogP contribution is -2.32. The molecule has 1 atom stereocenters. The number of hydrogen-bond donors (Lipinski definition) is 1. The SMILES string of the molecule is Cc1ccc(-c2c(C(OC(C)(C)C)C(=O)O)c(C)c3c4c2c(C)c(-c2ccccc2)n4CCCN3S(C)(=O)=O)cc1. The van der Waals surface area contributed by atoms with Gasteiger partial charge >= 0.3 is 5.97 Å². The number of aryl methyl sites for hydroxylation is 3. The van der Waals surface area contributed by atoms with Gasteiger partial charge in [-0.15, -0.1) is 0 Å². The monoisotopic (exact) mass is 574 g/mol. The van der Waals surface area contributed by atoms with Crippen LogP contribution < -0.4 is 4.31 Å². The van der Waals surface area contributed by atoms with Crippen molar-refractivity contribution in [1.29, 1.82) is 0 Å². The van der Waals surface area contributed by atoms with E-state index in [1.807, 2.05) is 77.1 Å². The van der Waals surface area contributed by atoms with Gasteiger partial charge in [0.2, 0.25) is 10.0 Å². The molecule has 41 heavy (non-hydrogen) atoms. The van der Waals surface area contributed by atoms with E-state index in [4.69, 9.17) is 4.74 Å². The maximum atomic E-state index is 13.3. The molecule has 8 heteroatoms. The minimum absolute atomic E-state index is 0.297. The molecule has 0 bridgehead atoms. The molecule has 4 aromatic rings. The van der Waals surface area contributed by atoms with Crippen molar-refractivity contribution >= 4 is 32.6 Å². The fourth-order valence-electron chi connectivity index (χ4n) is 6.17. The predicted molar refractivity (Wildman–Crippen MR) is 165 cm³/mol. The molecule has 5 rings (SSSR count). The van der Waals surface area contributed by atoms with E-state index in [0.29, 0.717) is 36.3 Å². The van der Waals surface area contributed by atoms with Crippen LogP contribution in [-0.4, -0.2) is 42.5 Å². The van der Waals surface area contributed by atoms with Gasteiger partial charge in [-0.05, 0) is 75.8 Å². The van der Waals surface area contributed by atoms with Crippen molar-refractivity contribution in [3.05, 3.63) is 76.9 Å². The first-order valence-electron chi connectivity index (χ1n) is 13.9. The second kappa shape index (κ2) is 10.3. The van der Waals surface area contributed by atoms with E-state index in [0.717, 1.165) is 44.4 Å². The van der Waals surface area contributed by atoms with Crippen molar-refractivity contribution in [3.8, 4) is 22.4 Å². The number of sulfonamides is 1. The molecule has 7 nitrogen and oxygen atoms in total. The van der Waals surface area contributed by atoms with Crippen LogP contribution in [0.2, 0.25) is 0 Å². The van der Waals surface area contributed by atoms with E-state index in [-0.39, 0.29) is 0 Å². The van der Waals surface area contributed by atoms with Gasteiger partial charge in [0.1, 0.15) is 0 Å². The minimum Gasteiger partial charge on any atom is -0.479 e. The molecular weight excluding hydrogens is 536 g/mol. The summed E-state index contributed by atoms with van der Waals surface area (Å²) in [6, 6.07) is 18.1. The topological polar surface area (TPSA) is 88.8 Å². The number of hydrogen-bond acceptors (Lipinski definition) is 4. The van der Waals surface area contributed by atoms with Gasteiger partial charge in [-0.1, -0.05) is 60.2 Å². The molecule has 1 N–H and O–H groups in total. The number of carboxylic acid groups (broad SMARTS) is 1. The van der Waals surface area contributed by atoms with Crippen LogP contribution in [0.25, 0.3) is 33.3 Å². The molecule has 216 valence electrons. The number of anilines is 1. The molecule has 0 aliphatic carbocycles. The number of aromatic nitrogens is 1. The van der Waals surface area contributed by atoms with Crippen LogP contribution in [0.1, 0.15) is 55.5 Å². The highest BCUT2D eigenvalue weighted by atomic mass is 32.2. The van der Waals surface area contributed by atoms with Crippen LogP contribution in [0.4, 0.5) is 5.69 Å². The number of carboxylic acids is 1. The summed E-state index contributed by atoms with van der Waals surface area (Å²) >= 11 is 0. The van der Waals surface area contributed by atoms with Gasteiger partial charge in [-0.25, -0.2) is 13.2 Å². The lowest BCUT2D eigenvalue weighted by atomic mass is 9.86. The summed E-state index contributed by atoms with van der Waals surface area (Å²) < 4.78 is 36.6. The summed E-state index contributed by atoms with van der Waals surface area (Å²) in [5, 5.41) is 11.5. The molecule has 1 unspecified atom stereocenters. The van der Waals surface area contributed by atoms with Crippen molar-refractivity contribution in [2.45, 2.75) is 66.2 Å². The predicted octanol–water partition coefficient (Wildman–Crippen LogP) is 7.01. The van der Waals surface area contributed by atoms with E-state index in [1.165, 1.54) is 10.6 Å². The van der Waals surface area contributed by atoms with Crippen LogP contribution in [0.3, 0.4) is 0 Å². The Balaban J connectivity index is 2.07. The molecule has 0 amide bonds. The highest BCUT2D eigenvalue weighted by molar-refractivity contribution is 7.92. The molecule has 0 radical (unpaired) electrons. The Morgan fingerprint density at radius 2 is 1.56 bits per heavy atom. The molecule has 1 aromatic heterocycles. The zero-order valence-electron chi connectivity index (χ0n) is 24.8. The van der Waals surface area contributed by atoms with Crippen LogP contribution >= 0.6 is 0 Å². The number of benzene rings is 3. The van der Waals surface area contributed by atoms with Gasteiger partial charge in [0.15, 0.2) is 6.10 Å². The number of aliphatic carboxylic acids is 1. The Kier molecular flexibility index (Phi) is 7.28. The maximum absolute atomic E-state index is 13.3. The lowest BCUT2D eigenvalue weighted by Gasteiger charge is -2.31. The fraction of sp³-hybridized carbons (Fsp3) is 0.364. The Hall–Kier alpha value is -3.62. The highest BCUT2D eigenvalue weighted by Gasteiger charge is 2.38. The van der Waals surface area contributed by atoms with Gasteiger partial charge in [0.05, 0.1) is 28.8 Å². The largest absolute Gasteiger partial charge is 0.479 e. The van der Waals surface area contributed by atoms with Crippen molar-refractivity contribution in [3.63, 3.8) is 0 Å². The first-order chi connectivity index (χ1) is 19.2. The summed E-state index contributed by atoms with van der Waals surface area (Å²) in [6.07, 6.45) is 0.510. The molecule has 0 saturated heterocycles. The first kappa shape index (κ1) is 28.9. The minimum atomic E-state index is -3.68. The van der Waals surface area contributed by atoms with Crippen LogP contribution in [0, 0.1) is 20.8 Å². The number of nitrogens with zero attached hydrogens (tertiary/aromatic N) is 2. The second-order valence-corrected chi connectivity index (χ2v) is 13.9. The quantitative estimate of drug-likeness (QED) is 0.268. The maximum Gasteiger partial charge on any atom is 0.337 e. The zero-order chi connectivity index (χ0) is 29.9. The molecule has 2 heterocycles. The standard InChI is InChI=1S/C33H38N2O5S/c1-20-14-16-23(17-15-20)27-25-21(2)28(24-12-9-8-10-13-24)34-18-11-19-35(41(7,38)39)29(30(25)34)22(3)26(27)31(32(36)37)40-33(4,5)6/h8-10,12-17,31H,11,18-19H2,1-7H3,(H,36,37). The summed E-state index contributed by atoms with van der Waals surface area (Å²) in [4.78, 5) is 13.0. The van der Waals surface area contributed by atoms with Crippen LogP contribution in [0.15, 0.2) is 54.6 Å². The van der Waals surface area contributed by atoms with Gasteiger partial charge in [-0.3, -0.25) is 4.31 Å². The average molecular weight is 575 g/mol.